The third kappa shape index (κ3) is 3.27. The van der Waals surface area contributed by atoms with Gasteiger partial charge in [-0.3, -0.25) is 4.72 Å². The first kappa shape index (κ1) is 13.9. The van der Waals surface area contributed by atoms with Crippen molar-refractivity contribution in [1.82, 2.24) is 4.31 Å². The lowest BCUT2D eigenvalue weighted by molar-refractivity contribution is 0.0733. The molecule has 0 unspecified atom stereocenters. The van der Waals surface area contributed by atoms with Crippen LogP contribution in [-0.4, -0.2) is 39.0 Å². The molecule has 100 valence electrons. The molecule has 1 heterocycles. The van der Waals surface area contributed by atoms with Crippen molar-refractivity contribution >= 4 is 39.1 Å². The van der Waals surface area contributed by atoms with Crippen LogP contribution in [0.1, 0.15) is 0 Å². The Balaban J connectivity index is 2.13. The summed E-state index contributed by atoms with van der Waals surface area (Å²) in [4.78, 5) is 0. The Morgan fingerprint density at radius 1 is 1.17 bits per heavy atom. The number of hydrogen-bond donors (Lipinski definition) is 1. The number of benzene rings is 1. The number of halogens is 2. The molecule has 5 nitrogen and oxygen atoms in total. The Labute approximate surface area is 116 Å². The van der Waals surface area contributed by atoms with Gasteiger partial charge < -0.3 is 4.74 Å². The van der Waals surface area contributed by atoms with E-state index in [4.69, 9.17) is 27.9 Å². The number of nitrogens with one attached hydrogen (secondary N) is 1. The molecule has 2 rings (SSSR count). The number of hydrogen-bond acceptors (Lipinski definition) is 3. The molecule has 0 bridgehead atoms. The minimum Gasteiger partial charge on any atom is -0.379 e. The summed E-state index contributed by atoms with van der Waals surface area (Å²) in [7, 11) is -3.56. The van der Waals surface area contributed by atoms with E-state index in [0.29, 0.717) is 42.0 Å². The van der Waals surface area contributed by atoms with E-state index < -0.39 is 10.2 Å². The SMILES string of the molecule is O=S(=O)(Nc1ccc(Cl)c(Cl)c1)N1CCOCC1. The second kappa shape index (κ2) is 5.63. The first-order valence-corrected chi connectivity index (χ1v) is 7.49. The zero-order valence-electron chi connectivity index (χ0n) is 9.40. The van der Waals surface area contributed by atoms with E-state index in [0.717, 1.165) is 0 Å². The normalized spacial score (nSPS) is 17.7. The number of rotatable bonds is 3. The molecule has 1 aliphatic rings. The standard InChI is InChI=1S/C10H12Cl2N2O3S/c11-9-2-1-8(7-10(9)12)13-18(15,16)14-3-5-17-6-4-14/h1-2,7,13H,3-6H2. The van der Waals surface area contributed by atoms with Crippen LogP contribution in [0.25, 0.3) is 0 Å². The molecule has 0 amide bonds. The zero-order valence-corrected chi connectivity index (χ0v) is 11.7. The van der Waals surface area contributed by atoms with Crippen molar-refractivity contribution in [2.75, 3.05) is 31.0 Å². The fourth-order valence-electron chi connectivity index (χ4n) is 1.56. The Kier molecular flexibility index (Phi) is 4.34. The van der Waals surface area contributed by atoms with Gasteiger partial charge in [0.1, 0.15) is 0 Å². The summed E-state index contributed by atoms with van der Waals surface area (Å²) in [5, 5.41) is 0.685. The lowest BCUT2D eigenvalue weighted by Gasteiger charge is -2.26. The van der Waals surface area contributed by atoms with Gasteiger partial charge in [-0.05, 0) is 18.2 Å². The summed E-state index contributed by atoms with van der Waals surface area (Å²) < 4.78 is 33.0. The highest BCUT2D eigenvalue weighted by atomic mass is 35.5. The van der Waals surface area contributed by atoms with Crippen LogP contribution in [0.4, 0.5) is 5.69 Å². The van der Waals surface area contributed by atoms with E-state index in [1.54, 1.807) is 12.1 Å². The minimum absolute atomic E-state index is 0.304. The average Bonchev–Trinajstić information content (AvgIpc) is 2.35. The van der Waals surface area contributed by atoms with Gasteiger partial charge in [-0.15, -0.1) is 0 Å². The molecule has 18 heavy (non-hydrogen) atoms. The van der Waals surface area contributed by atoms with Crippen LogP contribution >= 0.6 is 23.2 Å². The summed E-state index contributed by atoms with van der Waals surface area (Å²) >= 11 is 11.6. The van der Waals surface area contributed by atoms with E-state index in [9.17, 15) is 8.42 Å². The van der Waals surface area contributed by atoms with Gasteiger partial charge in [0.15, 0.2) is 0 Å². The van der Waals surface area contributed by atoms with Gasteiger partial charge in [0.05, 0.1) is 28.9 Å². The molecule has 1 aliphatic heterocycles. The topological polar surface area (TPSA) is 58.6 Å². The molecule has 1 aromatic carbocycles. The van der Waals surface area contributed by atoms with Crippen molar-refractivity contribution in [3.8, 4) is 0 Å². The number of nitrogens with zero attached hydrogens (tertiary/aromatic N) is 1. The summed E-state index contributed by atoms with van der Waals surface area (Å²) in [6.07, 6.45) is 0. The van der Waals surface area contributed by atoms with Gasteiger partial charge in [-0.25, -0.2) is 0 Å². The molecule has 8 heteroatoms. The average molecular weight is 311 g/mol. The first-order chi connectivity index (χ1) is 8.49. The van der Waals surface area contributed by atoms with Gasteiger partial charge >= 0.3 is 10.2 Å². The van der Waals surface area contributed by atoms with Crippen molar-refractivity contribution in [3.05, 3.63) is 28.2 Å². The van der Waals surface area contributed by atoms with E-state index in [-0.39, 0.29) is 0 Å². The summed E-state index contributed by atoms with van der Waals surface area (Å²) in [6, 6.07) is 4.58. The summed E-state index contributed by atoms with van der Waals surface area (Å²) in [5.41, 5.74) is 0.385. The van der Waals surface area contributed by atoms with E-state index >= 15 is 0 Å². The molecular formula is C10H12Cl2N2O3S. The highest BCUT2D eigenvalue weighted by molar-refractivity contribution is 7.90. The van der Waals surface area contributed by atoms with Crippen molar-refractivity contribution in [1.29, 1.82) is 0 Å². The largest absolute Gasteiger partial charge is 0.379 e. The maximum Gasteiger partial charge on any atom is 0.301 e. The molecule has 1 fully saturated rings. The smallest absolute Gasteiger partial charge is 0.301 e. The van der Waals surface area contributed by atoms with Crippen LogP contribution in [0.2, 0.25) is 10.0 Å². The molecule has 0 radical (unpaired) electrons. The van der Waals surface area contributed by atoms with Crippen molar-refractivity contribution in [3.63, 3.8) is 0 Å². The fraction of sp³-hybridized carbons (Fsp3) is 0.400. The molecule has 0 spiro atoms. The van der Waals surface area contributed by atoms with Gasteiger partial charge in [-0.1, -0.05) is 23.2 Å². The maximum atomic E-state index is 12.0. The number of morpholine rings is 1. The zero-order chi connectivity index (χ0) is 13.2. The molecule has 0 aromatic heterocycles. The third-order valence-corrected chi connectivity index (χ3v) is 4.75. The first-order valence-electron chi connectivity index (χ1n) is 5.30. The Morgan fingerprint density at radius 3 is 2.44 bits per heavy atom. The monoisotopic (exact) mass is 310 g/mol. The van der Waals surface area contributed by atoms with E-state index in [1.165, 1.54) is 10.4 Å². The lowest BCUT2D eigenvalue weighted by Crippen LogP contribution is -2.43. The molecule has 0 atom stereocenters. The second-order valence-corrected chi connectivity index (χ2v) is 6.23. The highest BCUT2D eigenvalue weighted by Gasteiger charge is 2.24. The second-order valence-electron chi connectivity index (χ2n) is 3.75. The lowest BCUT2D eigenvalue weighted by atomic mass is 10.3. The van der Waals surface area contributed by atoms with Crippen LogP contribution in [0.5, 0.6) is 0 Å². The van der Waals surface area contributed by atoms with Gasteiger partial charge in [0.2, 0.25) is 0 Å². The van der Waals surface area contributed by atoms with Crippen LogP contribution in [0.3, 0.4) is 0 Å². The number of ether oxygens (including phenoxy) is 1. The molecule has 0 saturated carbocycles. The van der Waals surface area contributed by atoms with Crippen LogP contribution < -0.4 is 4.72 Å². The summed E-state index contributed by atoms with van der Waals surface area (Å²) in [5.74, 6) is 0. The molecule has 1 saturated heterocycles. The van der Waals surface area contributed by atoms with Crippen LogP contribution in [0.15, 0.2) is 18.2 Å². The quantitative estimate of drug-likeness (QED) is 0.928. The van der Waals surface area contributed by atoms with E-state index in [2.05, 4.69) is 4.72 Å². The van der Waals surface area contributed by atoms with Crippen LogP contribution in [0, 0.1) is 0 Å². The Bertz CT molecular complexity index is 530. The fourth-order valence-corrected chi connectivity index (χ4v) is 3.04. The van der Waals surface area contributed by atoms with Gasteiger partial charge in [-0.2, -0.15) is 12.7 Å². The minimum atomic E-state index is -3.56. The molecular weight excluding hydrogens is 299 g/mol. The molecule has 1 N–H and O–H groups in total. The highest BCUT2D eigenvalue weighted by Crippen LogP contribution is 2.25. The van der Waals surface area contributed by atoms with Crippen molar-refractivity contribution in [2.24, 2.45) is 0 Å². The third-order valence-electron chi connectivity index (χ3n) is 2.48. The predicted octanol–water partition coefficient (Wildman–Crippen LogP) is 1.98. The van der Waals surface area contributed by atoms with Gasteiger partial charge in [0.25, 0.3) is 0 Å². The van der Waals surface area contributed by atoms with E-state index in [1.807, 2.05) is 0 Å². The molecule has 1 aromatic rings. The summed E-state index contributed by atoms with van der Waals surface area (Å²) in [6.45, 7) is 1.50. The Morgan fingerprint density at radius 2 is 1.83 bits per heavy atom. The van der Waals surface area contributed by atoms with Gasteiger partial charge in [0, 0.05) is 13.1 Å². The maximum absolute atomic E-state index is 12.0. The Hall–Kier alpha value is -0.530. The van der Waals surface area contributed by atoms with Crippen molar-refractivity contribution in [2.45, 2.75) is 0 Å². The van der Waals surface area contributed by atoms with Crippen molar-refractivity contribution < 1.29 is 13.2 Å². The molecule has 0 aliphatic carbocycles. The predicted molar refractivity (Wildman–Crippen MR) is 71.4 cm³/mol. The van der Waals surface area contributed by atoms with Crippen LogP contribution in [-0.2, 0) is 14.9 Å². The number of anilines is 1.